The summed E-state index contributed by atoms with van der Waals surface area (Å²) in [5.74, 6) is -0.0720. The molecule has 0 aliphatic heterocycles. The molecule has 0 saturated heterocycles. The number of carbonyl (C=O) groups excluding carboxylic acids is 3. The highest BCUT2D eigenvalue weighted by molar-refractivity contribution is 6.06. The number of aromatic amines is 1. The Morgan fingerprint density at radius 3 is 2.62 bits per heavy atom. The van der Waals surface area contributed by atoms with Crippen LogP contribution < -0.4 is 15.4 Å². The fourth-order valence-electron chi connectivity index (χ4n) is 4.33. The second-order valence-electron chi connectivity index (χ2n) is 9.28. The Morgan fingerprint density at radius 2 is 1.94 bits per heavy atom. The molecule has 1 atom stereocenters. The number of benzene rings is 1. The Hall–Kier alpha value is -3.09. The number of amides is 2. The summed E-state index contributed by atoms with van der Waals surface area (Å²) in [6.45, 7) is 7.92. The molecule has 0 saturated carbocycles. The van der Waals surface area contributed by atoms with Gasteiger partial charge < -0.3 is 20.4 Å². The zero-order valence-corrected chi connectivity index (χ0v) is 19.6. The first kappa shape index (κ1) is 23.6. The molecule has 32 heavy (non-hydrogen) atoms. The van der Waals surface area contributed by atoms with Gasteiger partial charge in [-0.3, -0.25) is 14.4 Å². The standard InChI is InChI=1S/C25H33N3O4/c1-6-7-10-17(23(30)27-16-11-8-9-12-20(16)32-5)28-24(31)22-15(2)21-18(26-22)13-25(3,4)14-19(21)29/h8-9,11-12,17,26H,6-7,10,13-14H2,1-5H3,(H,27,30)(H,28,31). The maximum Gasteiger partial charge on any atom is 0.268 e. The first-order valence-corrected chi connectivity index (χ1v) is 11.2. The summed E-state index contributed by atoms with van der Waals surface area (Å²) < 4.78 is 5.31. The number of ketones is 1. The van der Waals surface area contributed by atoms with E-state index in [-0.39, 0.29) is 23.0 Å². The summed E-state index contributed by atoms with van der Waals surface area (Å²) >= 11 is 0. The first-order valence-electron chi connectivity index (χ1n) is 11.2. The fourth-order valence-corrected chi connectivity index (χ4v) is 4.33. The van der Waals surface area contributed by atoms with Crippen LogP contribution >= 0.6 is 0 Å². The number of hydrogen-bond donors (Lipinski definition) is 3. The van der Waals surface area contributed by atoms with Crippen LogP contribution in [0.5, 0.6) is 5.75 Å². The minimum absolute atomic E-state index is 0.0560. The molecule has 0 spiro atoms. The van der Waals surface area contributed by atoms with Crippen molar-refractivity contribution in [1.29, 1.82) is 0 Å². The van der Waals surface area contributed by atoms with Gasteiger partial charge in [0.05, 0.1) is 12.8 Å². The van der Waals surface area contributed by atoms with Gasteiger partial charge in [0.25, 0.3) is 5.91 Å². The van der Waals surface area contributed by atoms with Crippen molar-refractivity contribution < 1.29 is 19.1 Å². The van der Waals surface area contributed by atoms with Crippen LogP contribution in [-0.4, -0.2) is 35.7 Å². The minimum atomic E-state index is -0.709. The van der Waals surface area contributed by atoms with Crippen LogP contribution in [0.15, 0.2) is 24.3 Å². The fraction of sp³-hybridized carbons (Fsp3) is 0.480. The largest absolute Gasteiger partial charge is 0.495 e. The van der Waals surface area contributed by atoms with E-state index in [1.165, 1.54) is 0 Å². The Morgan fingerprint density at radius 1 is 1.22 bits per heavy atom. The molecule has 7 heteroatoms. The normalized spacial score (nSPS) is 15.6. The van der Waals surface area contributed by atoms with E-state index in [1.807, 2.05) is 32.9 Å². The van der Waals surface area contributed by atoms with E-state index in [9.17, 15) is 14.4 Å². The van der Waals surface area contributed by atoms with Crippen molar-refractivity contribution in [2.45, 2.75) is 65.8 Å². The van der Waals surface area contributed by atoms with Crippen LogP contribution in [0.25, 0.3) is 0 Å². The number of rotatable bonds is 8. The molecule has 0 bridgehead atoms. The molecular weight excluding hydrogens is 406 g/mol. The number of unbranched alkanes of at least 4 members (excludes halogenated alkanes) is 1. The van der Waals surface area contributed by atoms with Crippen LogP contribution in [-0.2, 0) is 11.2 Å². The number of carbonyl (C=O) groups is 3. The molecule has 2 amide bonds. The number of anilines is 1. The van der Waals surface area contributed by atoms with Gasteiger partial charge in [0.1, 0.15) is 17.5 Å². The predicted molar refractivity (Wildman–Crippen MR) is 124 cm³/mol. The van der Waals surface area contributed by atoms with E-state index in [1.54, 1.807) is 26.2 Å². The Labute approximate surface area is 189 Å². The van der Waals surface area contributed by atoms with E-state index in [4.69, 9.17) is 4.74 Å². The van der Waals surface area contributed by atoms with Crippen LogP contribution in [0, 0.1) is 12.3 Å². The maximum absolute atomic E-state index is 13.1. The van der Waals surface area contributed by atoms with Crippen LogP contribution in [0.3, 0.4) is 0 Å². The highest BCUT2D eigenvalue weighted by Gasteiger charge is 2.35. The molecule has 172 valence electrons. The number of fused-ring (bicyclic) bond motifs is 1. The number of H-pyrrole nitrogens is 1. The van der Waals surface area contributed by atoms with E-state index >= 15 is 0 Å². The molecule has 1 aliphatic carbocycles. The number of hydrogen-bond acceptors (Lipinski definition) is 4. The second-order valence-corrected chi connectivity index (χ2v) is 9.28. The lowest BCUT2D eigenvalue weighted by atomic mass is 9.75. The van der Waals surface area contributed by atoms with E-state index < -0.39 is 6.04 Å². The average molecular weight is 440 g/mol. The zero-order valence-electron chi connectivity index (χ0n) is 19.6. The molecule has 1 aromatic heterocycles. The van der Waals surface area contributed by atoms with Crippen LogP contribution in [0.2, 0.25) is 0 Å². The van der Waals surface area contributed by atoms with E-state index in [0.29, 0.717) is 47.5 Å². The smallest absolute Gasteiger partial charge is 0.268 e. The molecule has 0 fully saturated rings. The van der Waals surface area contributed by atoms with E-state index in [0.717, 1.165) is 18.5 Å². The first-order chi connectivity index (χ1) is 15.2. The monoisotopic (exact) mass is 439 g/mol. The van der Waals surface area contributed by atoms with Gasteiger partial charge in [0, 0.05) is 17.7 Å². The lowest BCUT2D eigenvalue weighted by Gasteiger charge is -2.28. The van der Waals surface area contributed by atoms with Gasteiger partial charge in [-0.1, -0.05) is 45.7 Å². The van der Waals surface area contributed by atoms with Crippen molar-refractivity contribution in [2.24, 2.45) is 5.41 Å². The molecule has 1 unspecified atom stereocenters. The number of Topliss-reactive ketones (excluding diaryl/α,β-unsaturated/α-hetero) is 1. The second kappa shape index (κ2) is 9.59. The molecule has 3 rings (SSSR count). The predicted octanol–water partition coefficient (Wildman–Crippen LogP) is 4.41. The third-order valence-corrected chi connectivity index (χ3v) is 5.96. The minimum Gasteiger partial charge on any atom is -0.495 e. The SMILES string of the molecule is CCCCC(NC(=O)c1[nH]c2c(c1C)C(=O)CC(C)(C)C2)C(=O)Nc1ccccc1OC. The maximum atomic E-state index is 13.1. The summed E-state index contributed by atoms with van der Waals surface area (Å²) in [6, 6.07) is 6.44. The number of aromatic nitrogens is 1. The molecule has 7 nitrogen and oxygen atoms in total. The average Bonchev–Trinajstić information content (AvgIpc) is 3.06. The van der Waals surface area contributed by atoms with Gasteiger partial charge in [0.15, 0.2) is 5.78 Å². The van der Waals surface area contributed by atoms with Crippen LogP contribution in [0.1, 0.15) is 78.6 Å². The molecular formula is C25H33N3O4. The number of ether oxygens (including phenoxy) is 1. The zero-order chi connectivity index (χ0) is 23.5. The van der Waals surface area contributed by atoms with Crippen molar-refractivity contribution >= 4 is 23.3 Å². The quantitative estimate of drug-likeness (QED) is 0.567. The molecule has 1 heterocycles. The molecule has 3 N–H and O–H groups in total. The number of nitrogens with one attached hydrogen (secondary N) is 3. The highest BCUT2D eigenvalue weighted by Crippen LogP contribution is 2.36. The van der Waals surface area contributed by atoms with Crippen molar-refractivity contribution in [2.75, 3.05) is 12.4 Å². The summed E-state index contributed by atoms with van der Waals surface area (Å²) in [7, 11) is 1.54. The van der Waals surface area contributed by atoms with Crippen molar-refractivity contribution in [3.63, 3.8) is 0 Å². The summed E-state index contributed by atoms with van der Waals surface area (Å²) in [6.07, 6.45) is 3.36. The Balaban J connectivity index is 1.81. The molecule has 1 aromatic carbocycles. The topological polar surface area (TPSA) is 100 Å². The lowest BCUT2D eigenvalue weighted by Crippen LogP contribution is -2.44. The van der Waals surface area contributed by atoms with Gasteiger partial charge >= 0.3 is 0 Å². The van der Waals surface area contributed by atoms with Gasteiger partial charge in [-0.25, -0.2) is 0 Å². The number of methoxy groups -OCH3 is 1. The van der Waals surface area contributed by atoms with E-state index in [2.05, 4.69) is 15.6 Å². The molecule has 1 aliphatic rings. The summed E-state index contributed by atoms with van der Waals surface area (Å²) in [4.78, 5) is 42.0. The van der Waals surface area contributed by atoms with Gasteiger partial charge in [-0.15, -0.1) is 0 Å². The lowest BCUT2D eigenvalue weighted by molar-refractivity contribution is -0.118. The van der Waals surface area contributed by atoms with Crippen molar-refractivity contribution in [1.82, 2.24) is 10.3 Å². The third kappa shape index (κ3) is 5.03. The van der Waals surface area contributed by atoms with Crippen molar-refractivity contribution in [3.05, 3.63) is 46.8 Å². The molecule has 2 aromatic rings. The van der Waals surface area contributed by atoms with Crippen LogP contribution in [0.4, 0.5) is 5.69 Å². The van der Waals surface area contributed by atoms with Gasteiger partial charge in [-0.2, -0.15) is 0 Å². The third-order valence-electron chi connectivity index (χ3n) is 5.96. The van der Waals surface area contributed by atoms with Gasteiger partial charge in [-0.05, 0) is 42.9 Å². The van der Waals surface area contributed by atoms with Gasteiger partial charge in [0.2, 0.25) is 5.91 Å². The molecule has 0 radical (unpaired) electrons. The highest BCUT2D eigenvalue weighted by atomic mass is 16.5. The Bertz CT molecular complexity index is 1020. The summed E-state index contributed by atoms with van der Waals surface area (Å²) in [5.41, 5.74) is 2.84. The Kier molecular flexibility index (Phi) is 7.06. The summed E-state index contributed by atoms with van der Waals surface area (Å²) in [5, 5.41) is 5.74. The van der Waals surface area contributed by atoms with Crippen molar-refractivity contribution in [3.8, 4) is 5.75 Å². The number of para-hydroxylation sites is 2.